The van der Waals surface area contributed by atoms with E-state index >= 15 is 0 Å². The maximum absolute atomic E-state index is 13.3. The van der Waals surface area contributed by atoms with Crippen LogP contribution >= 0.6 is 11.3 Å². The lowest BCUT2D eigenvalue weighted by atomic mass is 9.97. The highest BCUT2D eigenvalue weighted by Gasteiger charge is 2.29. The van der Waals surface area contributed by atoms with Crippen molar-refractivity contribution in [3.05, 3.63) is 87.6 Å². The molecule has 2 amide bonds. The highest BCUT2D eigenvalue weighted by atomic mass is 32.1. The van der Waals surface area contributed by atoms with Gasteiger partial charge in [-0.05, 0) is 61.4 Å². The molecule has 1 aliphatic heterocycles. The van der Waals surface area contributed by atoms with Gasteiger partial charge in [-0.3, -0.25) is 14.4 Å². The first kappa shape index (κ1) is 25.6. The van der Waals surface area contributed by atoms with Crippen molar-refractivity contribution in [1.82, 2.24) is 4.90 Å². The average molecular weight is 505 g/mol. The quantitative estimate of drug-likeness (QED) is 0.393. The molecule has 0 spiro atoms. The molecule has 6 nitrogen and oxygen atoms in total. The number of hydrogen-bond donors (Lipinski definition) is 0. The first-order valence-electron chi connectivity index (χ1n) is 12.4. The molecule has 1 saturated heterocycles. The molecule has 7 heteroatoms. The Bertz CT molecular complexity index is 1190. The lowest BCUT2D eigenvalue weighted by Crippen LogP contribution is -2.43. The summed E-state index contributed by atoms with van der Waals surface area (Å²) in [5.74, 6) is -0.511. The summed E-state index contributed by atoms with van der Waals surface area (Å²) in [5, 5.41) is 1.90. The van der Waals surface area contributed by atoms with Crippen molar-refractivity contribution in [1.29, 1.82) is 0 Å². The van der Waals surface area contributed by atoms with Gasteiger partial charge in [-0.15, -0.1) is 11.3 Å². The number of thiophene rings is 1. The van der Waals surface area contributed by atoms with Crippen molar-refractivity contribution in [2.24, 2.45) is 5.92 Å². The van der Waals surface area contributed by atoms with Crippen molar-refractivity contribution in [3.8, 4) is 0 Å². The fraction of sp³-hybridized carbons (Fsp3) is 0.345. The Morgan fingerprint density at radius 1 is 1.06 bits per heavy atom. The second-order valence-corrected chi connectivity index (χ2v) is 10.1. The van der Waals surface area contributed by atoms with Gasteiger partial charge in [-0.25, -0.2) is 0 Å². The minimum absolute atomic E-state index is 0.00280. The van der Waals surface area contributed by atoms with Crippen LogP contribution in [0.15, 0.2) is 66.0 Å². The number of esters is 1. The van der Waals surface area contributed by atoms with Crippen LogP contribution in [0.4, 0.5) is 5.69 Å². The number of hydrogen-bond acceptors (Lipinski definition) is 5. The molecular weight excluding hydrogens is 472 g/mol. The Morgan fingerprint density at radius 3 is 2.56 bits per heavy atom. The first-order chi connectivity index (χ1) is 17.4. The number of aryl methyl sites for hydroxylation is 1. The molecule has 1 fully saturated rings. The standard InChI is InChI=1S/C29H32N2O4S/c1-3-35-29(34)24-9-5-15-30(20-24)27(32)18-22-11-13-25(14-12-22)31(28(33)26-10-6-16-36-26)19-23-8-4-7-21(2)17-23/h4,6-8,10-14,16-17,24H,3,5,9,15,18-20H2,1-2H3/t24-/m1/s1. The third-order valence-corrected chi connectivity index (χ3v) is 7.26. The van der Waals surface area contributed by atoms with Crippen LogP contribution in [0.25, 0.3) is 0 Å². The molecule has 0 bridgehead atoms. The van der Waals surface area contributed by atoms with Crippen molar-refractivity contribution in [3.63, 3.8) is 0 Å². The Morgan fingerprint density at radius 2 is 1.86 bits per heavy atom. The maximum Gasteiger partial charge on any atom is 0.310 e. The second-order valence-electron chi connectivity index (χ2n) is 9.13. The number of amides is 2. The normalized spacial score (nSPS) is 15.4. The third-order valence-electron chi connectivity index (χ3n) is 6.40. The minimum atomic E-state index is -0.247. The van der Waals surface area contributed by atoms with Gasteiger partial charge in [0.25, 0.3) is 5.91 Å². The van der Waals surface area contributed by atoms with E-state index in [2.05, 4.69) is 6.07 Å². The number of rotatable bonds is 8. The monoisotopic (exact) mass is 504 g/mol. The van der Waals surface area contributed by atoms with Gasteiger partial charge in [0.1, 0.15) is 0 Å². The molecule has 1 aliphatic rings. The lowest BCUT2D eigenvalue weighted by Gasteiger charge is -2.31. The van der Waals surface area contributed by atoms with E-state index < -0.39 is 0 Å². The van der Waals surface area contributed by atoms with E-state index in [9.17, 15) is 14.4 Å². The minimum Gasteiger partial charge on any atom is -0.466 e. The summed E-state index contributed by atoms with van der Waals surface area (Å²) in [6, 6.07) is 19.5. The molecular formula is C29H32N2O4S. The van der Waals surface area contributed by atoms with Crippen LogP contribution in [-0.4, -0.2) is 42.4 Å². The molecule has 0 radical (unpaired) electrons. The number of benzene rings is 2. The van der Waals surface area contributed by atoms with E-state index in [-0.39, 0.29) is 30.1 Å². The highest BCUT2D eigenvalue weighted by Crippen LogP contribution is 2.24. The number of nitrogens with zero attached hydrogens (tertiary/aromatic N) is 2. The fourth-order valence-electron chi connectivity index (χ4n) is 4.54. The Hall–Kier alpha value is -3.45. The van der Waals surface area contributed by atoms with Crippen molar-refractivity contribution in [2.45, 2.75) is 39.7 Å². The molecule has 0 aliphatic carbocycles. The molecule has 4 rings (SSSR count). The molecule has 188 valence electrons. The van der Waals surface area contributed by atoms with E-state index in [0.29, 0.717) is 31.1 Å². The number of ether oxygens (including phenoxy) is 1. The van der Waals surface area contributed by atoms with Crippen LogP contribution in [0.5, 0.6) is 0 Å². The van der Waals surface area contributed by atoms with E-state index in [1.807, 2.05) is 66.9 Å². The van der Waals surface area contributed by atoms with E-state index in [0.717, 1.165) is 35.2 Å². The van der Waals surface area contributed by atoms with Crippen molar-refractivity contribution < 1.29 is 19.1 Å². The third kappa shape index (κ3) is 6.40. The van der Waals surface area contributed by atoms with Crippen LogP contribution in [-0.2, 0) is 27.3 Å². The van der Waals surface area contributed by atoms with Gasteiger partial charge in [0.05, 0.1) is 30.4 Å². The molecule has 36 heavy (non-hydrogen) atoms. The number of piperidine rings is 1. The van der Waals surface area contributed by atoms with Gasteiger partial charge in [-0.2, -0.15) is 0 Å². The van der Waals surface area contributed by atoms with Gasteiger partial charge in [0.15, 0.2) is 0 Å². The molecule has 0 unspecified atom stereocenters. The van der Waals surface area contributed by atoms with Crippen LogP contribution in [0.1, 0.15) is 46.1 Å². The summed E-state index contributed by atoms with van der Waals surface area (Å²) in [6.07, 6.45) is 1.81. The fourth-order valence-corrected chi connectivity index (χ4v) is 5.21. The molecule has 3 aromatic rings. The van der Waals surface area contributed by atoms with Crippen molar-refractivity contribution in [2.75, 3.05) is 24.6 Å². The zero-order valence-corrected chi connectivity index (χ0v) is 21.6. The summed E-state index contributed by atoms with van der Waals surface area (Å²) in [5.41, 5.74) is 3.86. The molecule has 1 aromatic heterocycles. The SMILES string of the molecule is CCOC(=O)[C@@H]1CCCN(C(=O)Cc2ccc(N(Cc3cccc(C)c3)C(=O)c3cccs3)cc2)C1. The summed E-state index contributed by atoms with van der Waals surface area (Å²) >= 11 is 1.43. The van der Waals surface area contributed by atoms with Crippen LogP contribution in [0, 0.1) is 12.8 Å². The largest absolute Gasteiger partial charge is 0.466 e. The Kier molecular flexibility index (Phi) is 8.54. The number of carbonyl (C=O) groups excluding carboxylic acids is 3. The van der Waals surface area contributed by atoms with Gasteiger partial charge >= 0.3 is 5.97 Å². The van der Waals surface area contributed by atoms with Gasteiger partial charge in [-0.1, -0.05) is 48.0 Å². The number of carbonyl (C=O) groups is 3. The van der Waals surface area contributed by atoms with Crippen LogP contribution in [0.2, 0.25) is 0 Å². The highest BCUT2D eigenvalue weighted by molar-refractivity contribution is 7.12. The molecule has 0 N–H and O–H groups in total. The maximum atomic E-state index is 13.3. The lowest BCUT2D eigenvalue weighted by molar-refractivity contribution is -0.151. The van der Waals surface area contributed by atoms with Gasteiger partial charge in [0.2, 0.25) is 5.91 Å². The van der Waals surface area contributed by atoms with E-state index in [4.69, 9.17) is 4.74 Å². The van der Waals surface area contributed by atoms with Gasteiger partial charge in [0, 0.05) is 18.8 Å². The summed E-state index contributed by atoms with van der Waals surface area (Å²) in [7, 11) is 0. The van der Waals surface area contributed by atoms with Gasteiger partial charge < -0.3 is 14.5 Å². The Labute approximate surface area is 216 Å². The Balaban J connectivity index is 1.46. The van der Waals surface area contributed by atoms with Crippen LogP contribution in [0.3, 0.4) is 0 Å². The topological polar surface area (TPSA) is 66.9 Å². The second kappa shape index (κ2) is 12.0. The summed E-state index contributed by atoms with van der Waals surface area (Å²) in [6.45, 7) is 5.72. The summed E-state index contributed by atoms with van der Waals surface area (Å²) in [4.78, 5) is 42.6. The zero-order valence-electron chi connectivity index (χ0n) is 20.8. The molecule has 1 atom stereocenters. The van der Waals surface area contributed by atoms with Crippen LogP contribution < -0.4 is 4.90 Å². The predicted octanol–water partition coefficient (Wildman–Crippen LogP) is 5.25. The summed E-state index contributed by atoms with van der Waals surface area (Å²) < 4.78 is 5.15. The molecule has 2 heterocycles. The first-order valence-corrected chi connectivity index (χ1v) is 13.3. The smallest absolute Gasteiger partial charge is 0.310 e. The van der Waals surface area contributed by atoms with E-state index in [1.165, 1.54) is 11.3 Å². The van der Waals surface area contributed by atoms with Crippen molar-refractivity contribution >= 4 is 34.8 Å². The molecule has 0 saturated carbocycles. The number of likely N-dealkylation sites (tertiary alicyclic amines) is 1. The molecule has 2 aromatic carbocycles. The van der Waals surface area contributed by atoms with E-state index in [1.54, 1.807) is 16.7 Å². The average Bonchev–Trinajstić information content (AvgIpc) is 3.43. The zero-order chi connectivity index (χ0) is 25.5. The predicted molar refractivity (Wildman–Crippen MR) is 142 cm³/mol. The number of anilines is 1.